The summed E-state index contributed by atoms with van der Waals surface area (Å²) in [6.07, 6.45) is 4.58. The number of aromatic nitrogens is 2. The number of rotatable bonds is 7. The van der Waals surface area contributed by atoms with Crippen LogP contribution in [0, 0.1) is 10.1 Å². The Kier molecular flexibility index (Phi) is 5.71. The van der Waals surface area contributed by atoms with Gasteiger partial charge in [0, 0.05) is 24.3 Å². The van der Waals surface area contributed by atoms with Gasteiger partial charge in [-0.2, -0.15) is 4.68 Å². The first-order valence-corrected chi connectivity index (χ1v) is 9.50. The van der Waals surface area contributed by atoms with E-state index in [0.29, 0.717) is 30.3 Å². The Bertz CT molecular complexity index is 1060. The summed E-state index contributed by atoms with van der Waals surface area (Å²) in [4.78, 5) is 24.8. The minimum Gasteiger partial charge on any atom is -0.460 e. The predicted molar refractivity (Wildman–Crippen MR) is 110 cm³/mol. The molecule has 30 heavy (non-hydrogen) atoms. The van der Waals surface area contributed by atoms with Crippen molar-refractivity contribution in [2.45, 2.75) is 6.54 Å². The highest BCUT2D eigenvalue weighted by atomic mass is 16.6. The standard InChI is InChI=1S/C21H20N4O5/c26-20(16-1-3-17(4-2-16)23-11-13-29-14-12-23)8-7-18-5-6-19(30-18)15-24-10-9-21(22-24)25(27)28/h1-10H,11-15H2/b8-7+. The van der Waals surface area contributed by atoms with E-state index in [4.69, 9.17) is 9.15 Å². The Hall–Kier alpha value is -3.72. The molecule has 1 fully saturated rings. The molecule has 0 bridgehead atoms. The second kappa shape index (κ2) is 8.75. The lowest BCUT2D eigenvalue weighted by Gasteiger charge is -2.28. The quantitative estimate of drug-likeness (QED) is 0.256. The molecular weight excluding hydrogens is 388 g/mol. The molecule has 154 valence electrons. The minimum atomic E-state index is -0.550. The van der Waals surface area contributed by atoms with Crippen LogP contribution >= 0.6 is 0 Å². The summed E-state index contributed by atoms with van der Waals surface area (Å²) >= 11 is 0. The summed E-state index contributed by atoms with van der Waals surface area (Å²) in [5, 5.41) is 14.5. The third-order valence-corrected chi connectivity index (χ3v) is 4.74. The molecule has 4 rings (SSSR count). The van der Waals surface area contributed by atoms with Crippen molar-refractivity contribution in [3.05, 3.63) is 81.9 Å². The molecule has 3 heterocycles. The molecule has 0 unspecified atom stereocenters. The zero-order chi connectivity index (χ0) is 20.9. The van der Waals surface area contributed by atoms with Gasteiger partial charge in [0.25, 0.3) is 0 Å². The SMILES string of the molecule is O=C(/C=C/c1ccc(Cn2ccc([N+](=O)[O-])n2)o1)c1ccc(N2CCOCC2)cc1. The zero-order valence-electron chi connectivity index (χ0n) is 16.1. The van der Waals surface area contributed by atoms with Crippen LogP contribution in [0.25, 0.3) is 6.08 Å². The number of ketones is 1. The Balaban J connectivity index is 1.36. The van der Waals surface area contributed by atoms with Crippen molar-refractivity contribution in [1.29, 1.82) is 0 Å². The number of nitrogens with zero attached hydrogens (tertiary/aromatic N) is 4. The van der Waals surface area contributed by atoms with E-state index in [1.165, 1.54) is 23.0 Å². The van der Waals surface area contributed by atoms with Crippen LogP contribution in [0.1, 0.15) is 21.9 Å². The minimum absolute atomic E-state index is 0.121. The first kappa shape index (κ1) is 19.6. The number of furan rings is 1. The van der Waals surface area contributed by atoms with Gasteiger partial charge >= 0.3 is 5.82 Å². The average Bonchev–Trinajstić information content (AvgIpc) is 3.43. The van der Waals surface area contributed by atoms with Gasteiger partial charge in [0.2, 0.25) is 0 Å². The summed E-state index contributed by atoms with van der Waals surface area (Å²) < 4.78 is 12.4. The highest BCUT2D eigenvalue weighted by Gasteiger charge is 2.13. The second-order valence-corrected chi connectivity index (χ2v) is 6.78. The van der Waals surface area contributed by atoms with Crippen molar-refractivity contribution in [2.75, 3.05) is 31.2 Å². The number of nitro groups is 1. The van der Waals surface area contributed by atoms with Gasteiger partial charge in [-0.25, -0.2) is 0 Å². The Morgan fingerprint density at radius 2 is 1.90 bits per heavy atom. The molecule has 0 N–H and O–H groups in total. The highest BCUT2D eigenvalue weighted by Crippen LogP contribution is 2.18. The van der Waals surface area contributed by atoms with Crippen molar-refractivity contribution >= 4 is 23.4 Å². The molecule has 9 nitrogen and oxygen atoms in total. The summed E-state index contributed by atoms with van der Waals surface area (Å²) in [5.74, 6) is 0.760. The van der Waals surface area contributed by atoms with Gasteiger partial charge in [0.05, 0.1) is 30.6 Å². The molecule has 0 spiro atoms. The maximum absolute atomic E-state index is 12.4. The van der Waals surface area contributed by atoms with E-state index in [1.807, 2.05) is 24.3 Å². The van der Waals surface area contributed by atoms with Crippen LogP contribution < -0.4 is 4.90 Å². The Morgan fingerprint density at radius 1 is 1.13 bits per heavy atom. The summed E-state index contributed by atoms with van der Waals surface area (Å²) in [6.45, 7) is 3.39. The number of carbonyl (C=O) groups excluding carboxylic acids is 1. The van der Waals surface area contributed by atoms with Crippen LogP contribution in [0.4, 0.5) is 11.5 Å². The first-order valence-electron chi connectivity index (χ1n) is 9.50. The number of allylic oxidation sites excluding steroid dienone is 1. The number of hydrogen-bond donors (Lipinski definition) is 0. The van der Waals surface area contributed by atoms with E-state index in [2.05, 4.69) is 10.00 Å². The smallest absolute Gasteiger partial charge is 0.389 e. The molecule has 9 heteroatoms. The lowest BCUT2D eigenvalue weighted by Crippen LogP contribution is -2.36. The van der Waals surface area contributed by atoms with Gasteiger partial charge in [-0.3, -0.25) is 4.79 Å². The zero-order valence-corrected chi connectivity index (χ0v) is 16.1. The Labute approximate surface area is 172 Å². The van der Waals surface area contributed by atoms with Crippen molar-refractivity contribution in [3.8, 4) is 0 Å². The molecule has 1 aliphatic rings. The van der Waals surface area contributed by atoms with E-state index in [9.17, 15) is 14.9 Å². The fourth-order valence-electron chi connectivity index (χ4n) is 3.18. The fourth-order valence-corrected chi connectivity index (χ4v) is 3.18. The molecule has 0 radical (unpaired) electrons. The van der Waals surface area contributed by atoms with Gasteiger partial charge in [-0.1, -0.05) is 0 Å². The number of anilines is 1. The molecule has 1 aliphatic heterocycles. The fraction of sp³-hybridized carbons (Fsp3) is 0.238. The topological polar surface area (TPSA) is 104 Å². The number of hydrogen-bond acceptors (Lipinski definition) is 7. The molecule has 0 aliphatic carbocycles. The lowest BCUT2D eigenvalue weighted by atomic mass is 10.1. The molecule has 1 saturated heterocycles. The molecule has 0 saturated carbocycles. The van der Waals surface area contributed by atoms with Crippen LogP contribution in [-0.4, -0.2) is 46.8 Å². The summed E-state index contributed by atoms with van der Waals surface area (Å²) in [7, 11) is 0. The van der Waals surface area contributed by atoms with Crippen LogP contribution in [0.5, 0.6) is 0 Å². The van der Waals surface area contributed by atoms with E-state index < -0.39 is 4.92 Å². The third kappa shape index (κ3) is 4.64. The maximum Gasteiger partial charge on any atom is 0.389 e. The normalized spacial score (nSPS) is 14.3. The second-order valence-electron chi connectivity index (χ2n) is 6.78. The van der Waals surface area contributed by atoms with Gasteiger partial charge < -0.3 is 24.2 Å². The van der Waals surface area contributed by atoms with Crippen molar-refractivity contribution in [3.63, 3.8) is 0 Å². The van der Waals surface area contributed by atoms with Crippen molar-refractivity contribution < 1.29 is 18.9 Å². The molecule has 2 aromatic heterocycles. The first-order chi connectivity index (χ1) is 14.6. The molecule has 3 aromatic rings. The van der Waals surface area contributed by atoms with E-state index in [1.54, 1.807) is 18.2 Å². The third-order valence-electron chi connectivity index (χ3n) is 4.74. The Morgan fingerprint density at radius 3 is 2.60 bits per heavy atom. The van der Waals surface area contributed by atoms with E-state index in [0.717, 1.165) is 18.8 Å². The van der Waals surface area contributed by atoms with Crippen molar-refractivity contribution in [2.24, 2.45) is 0 Å². The number of carbonyl (C=O) groups is 1. The highest BCUT2D eigenvalue weighted by molar-refractivity contribution is 6.06. The van der Waals surface area contributed by atoms with Gasteiger partial charge in [-0.15, -0.1) is 0 Å². The van der Waals surface area contributed by atoms with Crippen LogP contribution in [-0.2, 0) is 11.3 Å². The molecule has 1 aromatic carbocycles. The van der Waals surface area contributed by atoms with Gasteiger partial charge in [0.15, 0.2) is 5.78 Å². The average molecular weight is 408 g/mol. The van der Waals surface area contributed by atoms with Gasteiger partial charge in [-0.05, 0) is 53.5 Å². The summed E-state index contributed by atoms with van der Waals surface area (Å²) in [6, 6.07) is 12.3. The summed E-state index contributed by atoms with van der Waals surface area (Å²) in [5.41, 5.74) is 1.67. The molecule has 0 atom stereocenters. The van der Waals surface area contributed by atoms with E-state index >= 15 is 0 Å². The number of ether oxygens (including phenoxy) is 1. The predicted octanol–water partition coefficient (Wildman–Crippen LogP) is 3.17. The van der Waals surface area contributed by atoms with Crippen LogP contribution in [0.15, 0.2) is 59.2 Å². The van der Waals surface area contributed by atoms with Crippen LogP contribution in [0.2, 0.25) is 0 Å². The number of benzene rings is 1. The van der Waals surface area contributed by atoms with Gasteiger partial charge in [0.1, 0.15) is 18.1 Å². The number of morpholine rings is 1. The maximum atomic E-state index is 12.4. The molecular formula is C21H20N4O5. The lowest BCUT2D eigenvalue weighted by molar-refractivity contribution is -0.389. The van der Waals surface area contributed by atoms with Crippen LogP contribution in [0.3, 0.4) is 0 Å². The monoisotopic (exact) mass is 408 g/mol. The molecule has 0 amide bonds. The van der Waals surface area contributed by atoms with E-state index in [-0.39, 0.29) is 18.1 Å². The van der Waals surface area contributed by atoms with Crippen molar-refractivity contribution in [1.82, 2.24) is 9.78 Å². The largest absolute Gasteiger partial charge is 0.460 e.